The van der Waals surface area contributed by atoms with Gasteiger partial charge in [0.05, 0.1) is 6.10 Å². The lowest BCUT2D eigenvalue weighted by Gasteiger charge is -2.50. The molecule has 0 amide bonds. The lowest BCUT2D eigenvalue weighted by atomic mass is 9.54. The number of hydrogen-bond donors (Lipinski definition) is 2. The van der Waals surface area contributed by atoms with Crippen LogP contribution in [0.5, 0.6) is 5.75 Å². The largest absolute Gasteiger partial charge is 0.508 e. The molecule has 0 aromatic heterocycles. The normalized spacial score (nSPS) is 41.7. The van der Waals surface area contributed by atoms with Gasteiger partial charge in [-0.05, 0) is 90.9 Å². The van der Waals surface area contributed by atoms with Gasteiger partial charge < -0.3 is 10.2 Å². The minimum atomic E-state index is -0.164. The van der Waals surface area contributed by atoms with E-state index in [4.69, 9.17) is 0 Å². The van der Waals surface area contributed by atoms with Crippen molar-refractivity contribution >= 4 is 0 Å². The number of allylic oxidation sites excluding steroid dienone is 1. The Morgan fingerprint density at radius 3 is 2.96 bits per heavy atom. The highest BCUT2D eigenvalue weighted by Gasteiger charge is 2.56. The second-order valence-electron chi connectivity index (χ2n) is 8.37. The van der Waals surface area contributed by atoms with Crippen molar-refractivity contribution < 1.29 is 10.2 Å². The standard InChI is InChI=1S/C21H28O2/c1-3-4-18-19(23)12-21(2)10-9-16-15-8-6-14(22)11-13(15)5-7-17(16)20(18)21/h3,6,8,11,16-20,22-23H,1,4-5,7,9-10,12H2,2H3/t16-,17-,18-,19-,20-,21-/m1/s1. The molecule has 0 heterocycles. The Balaban J connectivity index is 1.72. The summed E-state index contributed by atoms with van der Waals surface area (Å²) in [4.78, 5) is 0. The van der Waals surface area contributed by atoms with Crippen molar-refractivity contribution in [2.45, 2.75) is 57.5 Å². The first-order valence-electron chi connectivity index (χ1n) is 9.14. The Labute approximate surface area is 139 Å². The van der Waals surface area contributed by atoms with Gasteiger partial charge in [-0.15, -0.1) is 6.58 Å². The summed E-state index contributed by atoms with van der Waals surface area (Å²) in [5, 5.41) is 20.4. The van der Waals surface area contributed by atoms with Crippen molar-refractivity contribution in [2.24, 2.45) is 23.2 Å². The van der Waals surface area contributed by atoms with Crippen LogP contribution in [0.1, 0.15) is 56.1 Å². The molecule has 2 fully saturated rings. The van der Waals surface area contributed by atoms with Crippen LogP contribution in [0.4, 0.5) is 0 Å². The average Bonchev–Trinajstić information content (AvgIpc) is 2.77. The van der Waals surface area contributed by atoms with Crippen molar-refractivity contribution in [1.29, 1.82) is 0 Å². The number of aryl methyl sites for hydroxylation is 1. The second kappa shape index (κ2) is 5.37. The quantitative estimate of drug-likeness (QED) is 0.794. The van der Waals surface area contributed by atoms with E-state index in [1.54, 1.807) is 0 Å². The first-order chi connectivity index (χ1) is 11.0. The Kier molecular flexibility index (Phi) is 3.57. The zero-order chi connectivity index (χ0) is 16.2. The molecule has 2 N–H and O–H groups in total. The second-order valence-corrected chi connectivity index (χ2v) is 8.37. The van der Waals surface area contributed by atoms with Gasteiger partial charge in [-0.2, -0.15) is 0 Å². The van der Waals surface area contributed by atoms with E-state index >= 15 is 0 Å². The maximum absolute atomic E-state index is 10.7. The monoisotopic (exact) mass is 312 g/mol. The summed E-state index contributed by atoms with van der Waals surface area (Å²) in [6, 6.07) is 5.96. The van der Waals surface area contributed by atoms with Crippen LogP contribution in [0.25, 0.3) is 0 Å². The Bertz CT molecular complexity index is 622. The summed E-state index contributed by atoms with van der Waals surface area (Å²) in [6.07, 6.45) is 8.43. The predicted molar refractivity (Wildman–Crippen MR) is 92.4 cm³/mol. The first kappa shape index (κ1) is 15.3. The van der Waals surface area contributed by atoms with Crippen molar-refractivity contribution in [3.8, 4) is 5.75 Å². The number of benzene rings is 1. The van der Waals surface area contributed by atoms with Crippen LogP contribution < -0.4 is 0 Å². The Hall–Kier alpha value is -1.28. The van der Waals surface area contributed by atoms with Crippen LogP contribution in [0.15, 0.2) is 30.9 Å². The highest BCUT2D eigenvalue weighted by atomic mass is 16.3. The molecular weight excluding hydrogens is 284 g/mol. The highest BCUT2D eigenvalue weighted by Crippen LogP contribution is 2.63. The maximum Gasteiger partial charge on any atom is 0.115 e. The summed E-state index contributed by atoms with van der Waals surface area (Å²) in [5.41, 5.74) is 3.09. The van der Waals surface area contributed by atoms with Crippen LogP contribution in [0, 0.1) is 23.2 Å². The van der Waals surface area contributed by atoms with Gasteiger partial charge in [0.2, 0.25) is 0 Å². The molecule has 2 saturated carbocycles. The van der Waals surface area contributed by atoms with Gasteiger partial charge >= 0.3 is 0 Å². The van der Waals surface area contributed by atoms with Crippen LogP contribution in [0.2, 0.25) is 0 Å². The lowest BCUT2D eigenvalue weighted by Crippen LogP contribution is -2.42. The topological polar surface area (TPSA) is 40.5 Å². The number of aromatic hydroxyl groups is 1. The van der Waals surface area contributed by atoms with E-state index in [0.717, 1.165) is 19.3 Å². The Morgan fingerprint density at radius 1 is 1.35 bits per heavy atom. The van der Waals surface area contributed by atoms with Crippen LogP contribution in [-0.4, -0.2) is 16.3 Å². The van der Waals surface area contributed by atoms with Crippen LogP contribution >= 0.6 is 0 Å². The number of fused-ring (bicyclic) bond motifs is 5. The van der Waals surface area contributed by atoms with E-state index in [2.05, 4.69) is 19.6 Å². The van der Waals surface area contributed by atoms with Gasteiger partial charge in [0.25, 0.3) is 0 Å². The van der Waals surface area contributed by atoms with Gasteiger partial charge in [-0.1, -0.05) is 19.1 Å². The molecule has 3 aliphatic rings. The van der Waals surface area contributed by atoms with Crippen LogP contribution in [0.3, 0.4) is 0 Å². The van der Waals surface area contributed by atoms with Gasteiger partial charge in [0.1, 0.15) is 5.75 Å². The summed E-state index contributed by atoms with van der Waals surface area (Å²) in [7, 11) is 0. The minimum absolute atomic E-state index is 0.164. The fourth-order valence-corrected chi connectivity index (χ4v) is 6.33. The van der Waals surface area contributed by atoms with E-state index < -0.39 is 0 Å². The van der Waals surface area contributed by atoms with Crippen LogP contribution in [-0.2, 0) is 6.42 Å². The molecule has 3 aliphatic carbocycles. The van der Waals surface area contributed by atoms with E-state index in [1.807, 2.05) is 18.2 Å². The maximum atomic E-state index is 10.7. The molecule has 2 heteroatoms. The summed E-state index contributed by atoms with van der Waals surface area (Å²) in [5.74, 6) is 2.66. The van der Waals surface area contributed by atoms with Gasteiger partial charge in [-0.25, -0.2) is 0 Å². The number of rotatable bonds is 2. The number of phenols is 1. The lowest BCUT2D eigenvalue weighted by molar-refractivity contribution is 0.0303. The molecule has 2 nitrogen and oxygen atoms in total. The van der Waals surface area contributed by atoms with E-state index in [1.165, 1.54) is 30.4 Å². The predicted octanol–water partition coefficient (Wildman–Crippen LogP) is 4.41. The molecule has 124 valence electrons. The van der Waals surface area contributed by atoms with E-state index in [9.17, 15) is 10.2 Å². The van der Waals surface area contributed by atoms with Crippen molar-refractivity contribution in [2.75, 3.05) is 0 Å². The molecular formula is C21H28O2. The summed E-state index contributed by atoms with van der Waals surface area (Å²) >= 11 is 0. The zero-order valence-corrected chi connectivity index (χ0v) is 14.0. The molecule has 0 aliphatic heterocycles. The van der Waals surface area contributed by atoms with Crippen molar-refractivity contribution in [3.63, 3.8) is 0 Å². The molecule has 23 heavy (non-hydrogen) atoms. The highest BCUT2D eigenvalue weighted by molar-refractivity contribution is 5.40. The molecule has 4 rings (SSSR count). The molecule has 1 aromatic carbocycles. The molecule has 0 radical (unpaired) electrons. The van der Waals surface area contributed by atoms with E-state index in [0.29, 0.717) is 34.8 Å². The molecule has 0 unspecified atom stereocenters. The molecule has 1 aromatic rings. The number of phenolic OH excluding ortho intramolecular Hbond substituents is 1. The molecule has 6 atom stereocenters. The Morgan fingerprint density at radius 2 is 2.17 bits per heavy atom. The zero-order valence-electron chi connectivity index (χ0n) is 14.0. The SMILES string of the molecule is C=CC[C@H]1[C@H]2[C@@H]3CCc4cc(O)ccc4[C@H]3CC[C@]2(C)C[C@H]1O. The average molecular weight is 312 g/mol. The molecule has 0 saturated heterocycles. The molecule has 0 spiro atoms. The number of aliphatic hydroxyl groups excluding tert-OH is 1. The van der Waals surface area contributed by atoms with Crippen molar-refractivity contribution in [3.05, 3.63) is 42.0 Å². The molecule has 0 bridgehead atoms. The third kappa shape index (κ3) is 2.26. The third-order valence-electron chi connectivity index (χ3n) is 7.15. The fraction of sp³-hybridized carbons (Fsp3) is 0.619. The van der Waals surface area contributed by atoms with Gasteiger partial charge in [-0.3, -0.25) is 0 Å². The fourth-order valence-electron chi connectivity index (χ4n) is 6.33. The summed E-state index contributed by atoms with van der Waals surface area (Å²) < 4.78 is 0. The van der Waals surface area contributed by atoms with Crippen molar-refractivity contribution in [1.82, 2.24) is 0 Å². The van der Waals surface area contributed by atoms with Gasteiger partial charge in [0.15, 0.2) is 0 Å². The number of aliphatic hydroxyl groups is 1. The third-order valence-corrected chi connectivity index (χ3v) is 7.15. The summed E-state index contributed by atoms with van der Waals surface area (Å²) in [6.45, 7) is 6.34. The smallest absolute Gasteiger partial charge is 0.115 e. The number of hydrogen-bond acceptors (Lipinski definition) is 2. The van der Waals surface area contributed by atoms with E-state index in [-0.39, 0.29) is 6.10 Å². The minimum Gasteiger partial charge on any atom is -0.508 e. The first-order valence-corrected chi connectivity index (χ1v) is 9.14. The van der Waals surface area contributed by atoms with Gasteiger partial charge in [0, 0.05) is 0 Å².